The molecule has 5 nitrogen and oxygen atoms in total. The van der Waals surface area contributed by atoms with Gasteiger partial charge < -0.3 is 14.8 Å². The maximum absolute atomic E-state index is 12.0. The lowest BCUT2D eigenvalue weighted by Gasteiger charge is -2.43. The van der Waals surface area contributed by atoms with Gasteiger partial charge in [0.2, 0.25) is 0 Å². The zero-order chi connectivity index (χ0) is 15.4. The first-order valence-electron chi connectivity index (χ1n) is 7.45. The minimum atomic E-state index is -0.634. The molecule has 1 heterocycles. The van der Waals surface area contributed by atoms with Crippen molar-refractivity contribution in [3.05, 3.63) is 0 Å². The monoisotopic (exact) mass is 286 g/mol. The molecule has 0 amide bonds. The van der Waals surface area contributed by atoms with Crippen LogP contribution >= 0.6 is 0 Å². The summed E-state index contributed by atoms with van der Waals surface area (Å²) in [6, 6.07) is 0.293. The van der Waals surface area contributed by atoms with Crippen LogP contribution in [-0.4, -0.2) is 61.4 Å². The van der Waals surface area contributed by atoms with E-state index in [4.69, 9.17) is 9.47 Å². The van der Waals surface area contributed by atoms with Crippen molar-refractivity contribution in [3.63, 3.8) is 0 Å². The number of hydrogen-bond donors (Lipinski definition) is 1. The average Bonchev–Trinajstić information content (AvgIpc) is 2.36. The van der Waals surface area contributed by atoms with Crippen LogP contribution in [0.15, 0.2) is 0 Å². The van der Waals surface area contributed by atoms with Crippen LogP contribution in [0.25, 0.3) is 0 Å². The normalized spacial score (nSPS) is 23.9. The van der Waals surface area contributed by atoms with Gasteiger partial charge in [-0.3, -0.25) is 9.69 Å². The Balaban J connectivity index is 2.70. The Hall–Kier alpha value is -0.650. The largest absolute Gasteiger partial charge is 0.468 e. The summed E-state index contributed by atoms with van der Waals surface area (Å²) in [5.41, 5.74) is -0.752. The molecule has 0 aromatic carbocycles. The van der Waals surface area contributed by atoms with Crippen LogP contribution in [0.5, 0.6) is 0 Å². The molecule has 2 atom stereocenters. The van der Waals surface area contributed by atoms with Crippen LogP contribution in [0.4, 0.5) is 0 Å². The van der Waals surface area contributed by atoms with E-state index < -0.39 is 5.54 Å². The molecule has 0 saturated carbocycles. The van der Waals surface area contributed by atoms with E-state index in [1.807, 2.05) is 13.8 Å². The molecule has 0 aromatic heterocycles. The predicted octanol–water partition coefficient (Wildman–Crippen LogP) is 1.42. The quantitative estimate of drug-likeness (QED) is 0.748. The van der Waals surface area contributed by atoms with Gasteiger partial charge in [-0.1, -0.05) is 6.92 Å². The van der Waals surface area contributed by atoms with Crippen molar-refractivity contribution < 1.29 is 14.3 Å². The first-order valence-corrected chi connectivity index (χ1v) is 7.45. The minimum absolute atomic E-state index is 0.119. The number of ether oxygens (including phenoxy) is 2. The third-order valence-electron chi connectivity index (χ3n) is 3.99. The van der Waals surface area contributed by atoms with E-state index in [0.29, 0.717) is 6.04 Å². The number of esters is 1. The number of carbonyl (C=O) groups is 1. The Bertz CT molecular complexity index is 333. The fraction of sp³-hybridized carbons (Fsp3) is 0.933. The zero-order valence-electron chi connectivity index (χ0n) is 13.8. The Morgan fingerprint density at radius 2 is 2.20 bits per heavy atom. The predicted molar refractivity (Wildman–Crippen MR) is 79.8 cm³/mol. The molecular formula is C15H30N2O3. The molecule has 1 rings (SSSR count). The summed E-state index contributed by atoms with van der Waals surface area (Å²) < 4.78 is 10.7. The van der Waals surface area contributed by atoms with Crippen LogP contribution in [0.3, 0.4) is 0 Å². The first kappa shape index (κ1) is 17.4. The van der Waals surface area contributed by atoms with Crippen molar-refractivity contribution in [2.45, 2.75) is 58.2 Å². The molecule has 1 saturated heterocycles. The fourth-order valence-corrected chi connectivity index (χ4v) is 2.99. The lowest BCUT2D eigenvalue weighted by atomic mass is 9.91. The molecule has 5 heteroatoms. The summed E-state index contributed by atoms with van der Waals surface area (Å²) in [6.07, 6.45) is 0.726. The Labute approximate surface area is 123 Å². The Morgan fingerprint density at radius 3 is 2.70 bits per heavy atom. The van der Waals surface area contributed by atoms with E-state index in [1.165, 1.54) is 7.11 Å². The van der Waals surface area contributed by atoms with E-state index in [-0.39, 0.29) is 11.6 Å². The lowest BCUT2D eigenvalue weighted by Crippen LogP contribution is -2.57. The van der Waals surface area contributed by atoms with Crippen molar-refractivity contribution in [1.82, 2.24) is 10.2 Å². The lowest BCUT2D eigenvalue weighted by molar-refractivity contribution is -0.149. The minimum Gasteiger partial charge on any atom is -0.468 e. The van der Waals surface area contributed by atoms with Crippen LogP contribution in [0.2, 0.25) is 0 Å². The van der Waals surface area contributed by atoms with Gasteiger partial charge in [-0.25, -0.2) is 0 Å². The molecule has 1 aliphatic heterocycles. The number of nitrogens with zero attached hydrogens (tertiary/aromatic N) is 1. The van der Waals surface area contributed by atoms with E-state index in [9.17, 15) is 4.79 Å². The molecule has 0 aromatic rings. The summed E-state index contributed by atoms with van der Waals surface area (Å²) in [4.78, 5) is 14.4. The van der Waals surface area contributed by atoms with Crippen LogP contribution in [0, 0.1) is 0 Å². The highest BCUT2D eigenvalue weighted by molar-refractivity contribution is 5.80. The van der Waals surface area contributed by atoms with Crippen LogP contribution < -0.4 is 5.32 Å². The van der Waals surface area contributed by atoms with Crippen molar-refractivity contribution >= 4 is 5.97 Å². The van der Waals surface area contributed by atoms with Gasteiger partial charge in [0.25, 0.3) is 0 Å². The summed E-state index contributed by atoms with van der Waals surface area (Å²) in [5, 5.41) is 3.27. The number of nitrogens with one attached hydrogen (secondary N) is 1. The van der Waals surface area contributed by atoms with E-state index in [1.54, 1.807) is 0 Å². The van der Waals surface area contributed by atoms with Crippen molar-refractivity contribution in [2.75, 3.05) is 33.4 Å². The van der Waals surface area contributed by atoms with Crippen molar-refractivity contribution in [2.24, 2.45) is 0 Å². The van der Waals surface area contributed by atoms with Crippen molar-refractivity contribution in [1.29, 1.82) is 0 Å². The Morgan fingerprint density at radius 1 is 1.55 bits per heavy atom. The maximum atomic E-state index is 12.0. The van der Waals surface area contributed by atoms with Gasteiger partial charge >= 0.3 is 5.97 Å². The highest BCUT2D eigenvalue weighted by Crippen LogP contribution is 2.23. The van der Waals surface area contributed by atoms with Gasteiger partial charge in [0.15, 0.2) is 0 Å². The molecule has 1 N–H and O–H groups in total. The standard InChI is InChI=1S/C15H30N2O3/c1-7-16-15(5,13(18)19-6)10-12(2)17-8-9-20-14(3,4)11-17/h12,16H,7-11H2,1-6H3. The van der Waals surface area contributed by atoms with Gasteiger partial charge in [0.1, 0.15) is 5.54 Å². The summed E-state index contributed by atoms with van der Waals surface area (Å²) >= 11 is 0. The van der Waals surface area contributed by atoms with Crippen LogP contribution in [0.1, 0.15) is 41.0 Å². The molecule has 0 aliphatic carbocycles. The molecule has 0 radical (unpaired) electrons. The molecular weight excluding hydrogens is 256 g/mol. The molecule has 1 fully saturated rings. The molecule has 0 bridgehead atoms. The number of methoxy groups -OCH3 is 1. The van der Waals surface area contributed by atoms with Crippen LogP contribution in [-0.2, 0) is 14.3 Å². The molecule has 20 heavy (non-hydrogen) atoms. The van der Waals surface area contributed by atoms with Gasteiger partial charge in [-0.2, -0.15) is 0 Å². The second kappa shape index (κ2) is 6.87. The number of rotatable bonds is 6. The third kappa shape index (κ3) is 4.43. The smallest absolute Gasteiger partial charge is 0.325 e. The second-order valence-electron chi connectivity index (χ2n) is 6.49. The van der Waals surface area contributed by atoms with E-state index in [2.05, 4.69) is 31.0 Å². The molecule has 118 valence electrons. The highest BCUT2D eigenvalue weighted by Gasteiger charge is 2.38. The number of likely N-dealkylation sites (N-methyl/N-ethyl adjacent to an activating group) is 1. The van der Waals surface area contributed by atoms with Crippen molar-refractivity contribution in [3.8, 4) is 0 Å². The average molecular weight is 286 g/mol. The zero-order valence-corrected chi connectivity index (χ0v) is 13.8. The molecule has 2 unspecified atom stereocenters. The first-order chi connectivity index (χ1) is 9.24. The highest BCUT2D eigenvalue weighted by atomic mass is 16.5. The second-order valence-corrected chi connectivity index (χ2v) is 6.49. The molecule has 0 spiro atoms. The maximum Gasteiger partial charge on any atom is 0.325 e. The topological polar surface area (TPSA) is 50.8 Å². The third-order valence-corrected chi connectivity index (χ3v) is 3.99. The molecule has 1 aliphatic rings. The van der Waals surface area contributed by atoms with E-state index >= 15 is 0 Å². The van der Waals surface area contributed by atoms with E-state index in [0.717, 1.165) is 32.7 Å². The van der Waals surface area contributed by atoms with Gasteiger partial charge in [-0.15, -0.1) is 0 Å². The van der Waals surface area contributed by atoms with Gasteiger partial charge in [0.05, 0.1) is 19.3 Å². The number of morpholine rings is 1. The fourth-order valence-electron chi connectivity index (χ4n) is 2.99. The SMILES string of the molecule is CCNC(C)(CC(C)N1CCOC(C)(C)C1)C(=O)OC. The van der Waals surface area contributed by atoms with Gasteiger partial charge in [-0.05, 0) is 40.7 Å². The number of carbonyl (C=O) groups excluding carboxylic acids is 1. The number of hydrogen-bond acceptors (Lipinski definition) is 5. The summed E-state index contributed by atoms with van der Waals surface area (Å²) in [7, 11) is 1.44. The summed E-state index contributed by atoms with van der Waals surface area (Å²) in [6.45, 7) is 13.6. The van der Waals surface area contributed by atoms with Gasteiger partial charge in [0, 0.05) is 19.1 Å². The summed E-state index contributed by atoms with van der Waals surface area (Å²) in [5.74, 6) is -0.196. The Kier molecular flexibility index (Phi) is 5.98.